The van der Waals surface area contributed by atoms with Crippen LogP contribution in [0.5, 0.6) is 5.75 Å². The predicted octanol–water partition coefficient (Wildman–Crippen LogP) is 0.998. The lowest BCUT2D eigenvalue weighted by molar-refractivity contribution is 0.0626. The fraction of sp³-hybridized carbons (Fsp3) is 0.375. The third-order valence-corrected chi connectivity index (χ3v) is 4.85. The van der Waals surface area contributed by atoms with E-state index < -0.39 is 9.84 Å². The average Bonchev–Trinajstić information content (AvgIpc) is 3.01. The lowest BCUT2D eigenvalue weighted by Gasteiger charge is -2.23. The Hall–Kier alpha value is -2.39. The van der Waals surface area contributed by atoms with Crippen molar-refractivity contribution in [2.24, 2.45) is 0 Å². The van der Waals surface area contributed by atoms with Gasteiger partial charge in [0.2, 0.25) is 5.76 Å². The van der Waals surface area contributed by atoms with Gasteiger partial charge in [0, 0.05) is 18.9 Å². The molecule has 1 aromatic carbocycles. The van der Waals surface area contributed by atoms with E-state index in [-0.39, 0.29) is 22.7 Å². The van der Waals surface area contributed by atoms with Crippen LogP contribution in [0.2, 0.25) is 0 Å². The Labute approximate surface area is 145 Å². The normalized spacial score (nSPS) is 18.6. The van der Waals surface area contributed by atoms with Gasteiger partial charge in [0.05, 0.1) is 30.9 Å². The van der Waals surface area contributed by atoms with Gasteiger partial charge < -0.3 is 18.9 Å². The Bertz CT molecular complexity index is 817. The minimum Gasteiger partial charge on any atom is -0.486 e. The number of carbonyl (C=O) groups is 1. The Kier molecular flexibility index (Phi) is 5.05. The van der Waals surface area contributed by atoms with Crippen molar-refractivity contribution in [1.29, 1.82) is 0 Å². The van der Waals surface area contributed by atoms with Crippen LogP contribution in [-0.2, 0) is 14.6 Å². The maximum Gasteiger partial charge on any atom is 0.292 e. The van der Waals surface area contributed by atoms with Crippen molar-refractivity contribution in [2.75, 3.05) is 32.6 Å². The first kappa shape index (κ1) is 17.4. The van der Waals surface area contributed by atoms with Crippen molar-refractivity contribution in [2.45, 2.75) is 11.0 Å². The van der Waals surface area contributed by atoms with E-state index in [2.05, 4.69) is 5.16 Å². The summed E-state index contributed by atoms with van der Waals surface area (Å²) in [6.45, 7) is 1.47. The van der Waals surface area contributed by atoms with Gasteiger partial charge in [0.15, 0.2) is 9.84 Å². The van der Waals surface area contributed by atoms with Crippen LogP contribution >= 0.6 is 0 Å². The van der Waals surface area contributed by atoms with Gasteiger partial charge in [-0.3, -0.25) is 4.79 Å². The number of carbonyl (C=O) groups excluding carboxylic acids is 1. The molecule has 3 rings (SSSR count). The van der Waals surface area contributed by atoms with Gasteiger partial charge in [0.25, 0.3) is 5.91 Å². The summed E-state index contributed by atoms with van der Waals surface area (Å²) in [5.41, 5.74) is 0. The number of aromatic nitrogens is 1. The lowest BCUT2D eigenvalue weighted by Crippen LogP contribution is -2.39. The number of rotatable bonds is 4. The minimum absolute atomic E-state index is 0.165. The summed E-state index contributed by atoms with van der Waals surface area (Å²) in [4.78, 5) is 14.2. The van der Waals surface area contributed by atoms with Gasteiger partial charge in [-0.05, 0) is 24.3 Å². The summed E-state index contributed by atoms with van der Waals surface area (Å²) in [5, 5.41) is 3.54. The van der Waals surface area contributed by atoms with Gasteiger partial charge in [-0.2, -0.15) is 0 Å². The van der Waals surface area contributed by atoms with Crippen LogP contribution in [0.25, 0.3) is 0 Å². The van der Waals surface area contributed by atoms with Crippen molar-refractivity contribution < 1.29 is 27.2 Å². The second-order valence-corrected chi connectivity index (χ2v) is 7.70. The monoisotopic (exact) mass is 366 g/mol. The van der Waals surface area contributed by atoms with Gasteiger partial charge in [-0.25, -0.2) is 8.42 Å². The second kappa shape index (κ2) is 7.24. The smallest absolute Gasteiger partial charge is 0.292 e. The number of nitrogens with zero attached hydrogens (tertiary/aromatic N) is 2. The van der Waals surface area contributed by atoms with Crippen LogP contribution in [0.4, 0.5) is 0 Å². The molecule has 8 nitrogen and oxygen atoms in total. The number of hydrogen-bond acceptors (Lipinski definition) is 7. The largest absolute Gasteiger partial charge is 0.486 e. The summed E-state index contributed by atoms with van der Waals surface area (Å²) in [6.07, 6.45) is 2.19. The zero-order valence-electron chi connectivity index (χ0n) is 13.6. The molecule has 1 fully saturated rings. The number of hydrogen-bond donors (Lipinski definition) is 0. The maximum atomic E-state index is 12.4. The van der Waals surface area contributed by atoms with Gasteiger partial charge in [-0.15, -0.1) is 0 Å². The molecule has 0 N–H and O–H groups in total. The fourth-order valence-corrected chi connectivity index (χ4v) is 3.11. The maximum absolute atomic E-state index is 12.4. The van der Waals surface area contributed by atoms with E-state index in [4.69, 9.17) is 14.0 Å². The van der Waals surface area contributed by atoms with E-state index >= 15 is 0 Å². The average molecular weight is 366 g/mol. The Balaban J connectivity index is 1.68. The van der Waals surface area contributed by atoms with Crippen LogP contribution < -0.4 is 4.74 Å². The van der Waals surface area contributed by atoms with Crippen molar-refractivity contribution in [3.05, 3.63) is 42.3 Å². The Morgan fingerprint density at radius 1 is 1.28 bits per heavy atom. The minimum atomic E-state index is -3.25. The summed E-state index contributed by atoms with van der Waals surface area (Å²) < 4.78 is 39.2. The molecule has 1 aromatic heterocycles. The first-order valence-corrected chi connectivity index (χ1v) is 9.57. The number of sulfone groups is 1. The molecule has 0 unspecified atom stereocenters. The first-order chi connectivity index (χ1) is 11.9. The third-order valence-electron chi connectivity index (χ3n) is 3.72. The van der Waals surface area contributed by atoms with E-state index in [1.54, 1.807) is 17.0 Å². The van der Waals surface area contributed by atoms with Crippen LogP contribution in [0.15, 0.2) is 45.9 Å². The SMILES string of the molecule is CS(=O)(=O)c1ccc(O[C@H]2COCCN(C(=O)c3ccno3)C2)cc1. The summed E-state index contributed by atoms with van der Waals surface area (Å²) in [7, 11) is -3.25. The molecule has 134 valence electrons. The molecule has 0 spiro atoms. The number of benzene rings is 1. The number of amides is 1. The highest BCUT2D eigenvalue weighted by Crippen LogP contribution is 2.18. The summed E-state index contributed by atoms with van der Waals surface area (Å²) in [5.74, 6) is 0.400. The molecule has 1 amide bonds. The molecule has 2 heterocycles. The molecule has 0 radical (unpaired) electrons. The molecule has 1 aliphatic heterocycles. The summed E-state index contributed by atoms with van der Waals surface area (Å²) >= 11 is 0. The molecule has 9 heteroatoms. The second-order valence-electron chi connectivity index (χ2n) is 5.69. The molecular formula is C16H18N2O6S. The first-order valence-electron chi connectivity index (χ1n) is 7.68. The Morgan fingerprint density at radius 3 is 2.68 bits per heavy atom. The molecule has 0 saturated carbocycles. The molecule has 1 aliphatic rings. The van der Waals surface area contributed by atoms with E-state index in [1.807, 2.05) is 0 Å². The van der Waals surface area contributed by atoms with Crippen molar-refractivity contribution in [1.82, 2.24) is 10.1 Å². The summed E-state index contributed by atoms with van der Waals surface area (Å²) in [6, 6.07) is 7.65. The van der Waals surface area contributed by atoms with Crippen LogP contribution in [0, 0.1) is 0 Å². The van der Waals surface area contributed by atoms with Crippen LogP contribution in [0.3, 0.4) is 0 Å². The van der Waals surface area contributed by atoms with E-state index in [0.29, 0.717) is 32.1 Å². The molecule has 1 atom stereocenters. The molecular weight excluding hydrogens is 348 g/mol. The van der Waals surface area contributed by atoms with Gasteiger partial charge in [0.1, 0.15) is 11.9 Å². The lowest BCUT2D eigenvalue weighted by atomic mass is 10.3. The molecule has 1 saturated heterocycles. The van der Waals surface area contributed by atoms with Crippen LogP contribution in [-0.4, -0.2) is 63.0 Å². The fourth-order valence-electron chi connectivity index (χ4n) is 2.47. The van der Waals surface area contributed by atoms with Crippen molar-refractivity contribution in [3.63, 3.8) is 0 Å². The van der Waals surface area contributed by atoms with Gasteiger partial charge in [-0.1, -0.05) is 5.16 Å². The molecule has 2 aromatic rings. The Morgan fingerprint density at radius 2 is 2.04 bits per heavy atom. The number of ether oxygens (including phenoxy) is 2. The van der Waals surface area contributed by atoms with Crippen LogP contribution in [0.1, 0.15) is 10.6 Å². The highest BCUT2D eigenvalue weighted by Gasteiger charge is 2.26. The highest BCUT2D eigenvalue weighted by atomic mass is 32.2. The molecule has 0 bridgehead atoms. The van der Waals surface area contributed by atoms with E-state index in [0.717, 1.165) is 6.26 Å². The topological polar surface area (TPSA) is 98.9 Å². The highest BCUT2D eigenvalue weighted by molar-refractivity contribution is 7.90. The zero-order valence-corrected chi connectivity index (χ0v) is 14.4. The quantitative estimate of drug-likeness (QED) is 0.796. The van der Waals surface area contributed by atoms with E-state index in [1.165, 1.54) is 24.4 Å². The van der Waals surface area contributed by atoms with Crippen molar-refractivity contribution in [3.8, 4) is 5.75 Å². The van der Waals surface area contributed by atoms with Gasteiger partial charge >= 0.3 is 0 Å². The molecule has 0 aliphatic carbocycles. The third kappa shape index (κ3) is 4.37. The molecule has 25 heavy (non-hydrogen) atoms. The van der Waals surface area contributed by atoms with Crippen molar-refractivity contribution >= 4 is 15.7 Å². The standard InChI is InChI=1S/C16H18N2O6S/c1-25(20,21)14-4-2-12(3-5-14)23-13-10-18(8-9-22-11-13)16(19)15-6-7-17-24-15/h2-7,13H,8-11H2,1H3/t13-/m1/s1. The predicted molar refractivity (Wildman–Crippen MR) is 87.2 cm³/mol. The van der Waals surface area contributed by atoms with E-state index in [9.17, 15) is 13.2 Å². The zero-order chi connectivity index (χ0) is 17.9.